The second kappa shape index (κ2) is 8.28. The van der Waals surface area contributed by atoms with Crippen LogP contribution in [0.5, 0.6) is 5.75 Å². The van der Waals surface area contributed by atoms with Crippen molar-refractivity contribution in [2.45, 2.75) is 4.90 Å². The molecule has 0 saturated heterocycles. The van der Waals surface area contributed by atoms with Gasteiger partial charge in [-0.1, -0.05) is 6.07 Å². The molecule has 7 nitrogen and oxygen atoms in total. The predicted octanol–water partition coefficient (Wildman–Crippen LogP) is 2.12. The van der Waals surface area contributed by atoms with E-state index in [0.29, 0.717) is 0 Å². The van der Waals surface area contributed by atoms with Crippen LogP contribution in [0.4, 0.5) is 4.39 Å². The summed E-state index contributed by atoms with van der Waals surface area (Å²) in [5, 5.41) is 0. The molecule has 0 atom stereocenters. The van der Waals surface area contributed by atoms with E-state index in [-0.39, 0.29) is 21.8 Å². The molecule has 0 aliphatic heterocycles. The van der Waals surface area contributed by atoms with E-state index in [1.165, 1.54) is 51.5 Å². The fourth-order valence-corrected chi connectivity index (χ4v) is 3.08. The van der Waals surface area contributed by atoms with Gasteiger partial charge < -0.3 is 9.47 Å². The quantitative estimate of drug-likeness (QED) is 0.527. The highest BCUT2D eigenvalue weighted by Gasteiger charge is 2.20. The molecule has 0 amide bonds. The van der Waals surface area contributed by atoms with Gasteiger partial charge in [-0.15, -0.1) is 0 Å². The molecule has 27 heavy (non-hydrogen) atoms. The molecule has 144 valence electrons. The average Bonchev–Trinajstić information content (AvgIpc) is 2.65. The summed E-state index contributed by atoms with van der Waals surface area (Å²) in [6.45, 7) is -0.616. The van der Waals surface area contributed by atoms with Crippen molar-refractivity contribution in [3.63, 3.8) is 0 Å². The molecule has 0 aromatic heterocycles. The molecule has 0 aliphatic rings. The number of hydrogen-bond donors (Lipinski definition) is 0. The smallest absolute Gasteiger partial charge is 0.338 e. The summed E-state index contributed by atoms with van der Waals surface area (Å²) >= 11 is 0. The lowest BCUT2D eigenvalue weighted by Gasteiger charge is -2.12. The van der Waals surface area contributed by atoms with Gasteiger partial charge in [0.2, 0.25) is 10.0 Å². The number of benzene rings is 2. The van der Waals surface area contributed by atoms with Crippen LogP contribution < -0.4 is 4.74 Å². The lowest BCUT2D eigenvalue weighted by atomic mass is 10.1. The van der Waals surface area contributed by atoms with Crippen LogP contribution in [0.15, 0.2) is 47.4 Å². The van der Waals surface area contributed by atoms with Crippen molar-refractivity contribution in [2.75, 3.05) is 27.8 Å². The number of carbonyl (C=O) groups excluding carboxylic acids is 2. The monoisotopic (exact) mass is 395 g/mol. The Balaban J connectivity index is 2.10. The van der Waals surface area contributed by atoms with Crippen molar-refractivity contribution >= 4 is 21.8 Å². The van der Waals surface area contributed by atoms with Crippen molar-refractivity contribution in [1.29, 1.82) is 0 Å². The van der Waals surface area contributed by atoms with E-state index in [1.54, 1.807) is 0 Å². The Hall–Kier alpha value is -2.78. The number of Topliss-reactive ketones (excluding diaryl/α,β-unsaturated/α-hetero) is 1. The zero-order valence-corrected chi connectivity index (χ0v) is 15.7. The molecule has 2 aromatic rings. The van der Waals surface area contributed by atoms with Crippen LogP contribution in [0.2, 0.25) is 0 Å². The van der Waals surface area contributed by atoms with Gasteiger partial charge in [0.15, 0.2) is 24.0 Å². The van der Waals surface area contributed by atoms with Gasteiger partial charge in [0.25, 0.3) is 0 Å². The molecular formula is C18H18FNO6S. The second-order valence-electron chi connectivity index (χ2n) is 5.66. The topological polar surface area (TPSA) is 90.0 Å². The van der Waals surface area contributed by atoms with Crippen LogP contribution in [-0.2, 0) is 14.8 Å². The van der Waals surface area contributed by atoms with Gasteiger partial charge in [-0.25, -0.2) is 21.9 Å². The molecule has 9 heteroatoms. The highest BCUT2D eigenvalue weighted by molar-refractivity contribution is 7.89. The Morgan fingerprint density at radius 3 is 2.37 bits per heavy atom. The summed E-state index contributed by atoms with van der Waals surface area (Å²) in [6, 6.07) is 8.90. The lowest BCUT2D eigenvalue weighted by Crippen LogP contribution is -2.22. The third-order valence-electron chi connectivity index (χ3n) is 3.66. The van der Waals surface area contributed by atoms with Crippen molar-refractivity contribution in [2.24, 2.45) is 0 Å². The normalized spacial score (nSPS) is 11.3. The zero-order valence-electron chi connectivity index (χ0n) is 14.9. The molecule has 0 heterocycles. The van der Waals surface area contributed by atoms with Crippen molar-refractivity contribution in [1.82, 2.24) is 4.31 Å². The highest BCUT2D eigenvalue weighted by atomic mass is 32.2. The largest absolute Gasteiger partial charge is 0.494 e. The number of esters is 1. The molecule has 2 aromatic carbocycles. The summed E-state index contributed by atoms with van der Waals surface area (Å²) in [5.41, 5.74) is -0.00308. The molecule has 0 radical (unpaired) electrons. The first-order chi connectivity index (χ1) is 12.7. The van der Waals surface area contributed by atoms with Crippen molar-refractivity contribution in [3.05, 3.63) is 59.4 Å². The van der Waals surface area contributed by atoms with Crippen LogP contribution in [0.3, 0.4) is 0 Å². The van der Waals surface area contributed by atoms with Gasteiger partial charge in [-0.3, -0.25) is 4.79 Å². The molecule has 0 N–H and O–H groups in total. The van der Waals surface area contributed by atoms with E-state index >= 15 is 0 Å². The highest BCUT2D eigenvalue weighted by Crippen LogP contribution is 2.19. The summed E-state index contributed by atoms with van der Waals surface area (Å²) in [7, 11) is 0.321. The Kier molecular flexibility index (Phi) is 6.29. The van der Waals surface area contributed by atoms with E-state index in [1.807, 2.05) is 0 Å². The second-order valence-corrected chi connectivity index (χ2v) is 7.82. The predicted molar refractivity (Wildman–Crippen MR) is 94.9 cm³/mol. The van der Waals surface area contributed by atoms with E-state index in [0.717, 1.165) is 16.4 Å². The SMILES string of the molecule is COc1ccc(C(=O)COC(=O)c2cccc(S(=O)(=O)N(C)C)c2)cc1F. The van der Waals surface area contributed by atoms with Gasteiger partial charge in [0, 0.05) is 19.7 Å². The molecule has 0 saturated carbocycles. The number of nitrogens with zero attached hydrogens (tertiary/aromatic N) is 1. The first-order valence-corrected chi connectivity index (χ1v) is 9.17. The minimum Gasteiger partial charge on any atom is -0.494 e. The Bertz CT molecular complexity index is 972. The fourth-order valence-electron chi connectivity index (χ4n) is 2.13. The lowest BCUT2D eigenvalue weighted by molar-refractivity contribution is 0.0474. The van der Waals surface area contributed by atoms with Crippen LogP contribution in [0.1, 0.15) is 20.7 Å². The van der Waals surface area contributed by atoms with Gasteiger partial charge in [0.05, 0.1) is 17.6 Å². The fraction of sp³-hybridized carbons (Fsp3) is 0.222. The summed E-state index contributed by atoms with van der Waals surface area (Å²) in [6.07, 6.45) is 0. The number of rotatable bonds is 7. The van der Waals surface area contributed by atoms with Crippen molar-refractivity contribution < 1.29 is 31.9 Å². The molecular weight excluding hydrogens is 377 g/mol. The minimum absolute atomic E-state index is 0.0116. The number of methoxy groups -OCH3 is 1. The number of halogens is 1. The molecule has 0 spiro atoms. The number of sulfonamides is 1. The van der Waals surface area contributed by atoms with E-state index in [9.17, 15) is 22.4 Å². The average molecular weight is 395 g/mol. The van der Waals surface area contributed by atoms with Crippen molar-refractivity contribution in [3.8, 4) is 5.75 Å². The minimum atomic E-state index is -3.71. The van der Waals surface area contributed by atoms with Gasteiger partial charge >= 0.3 is 5.97 Å². The maximum absolute atomic E-state index is 13.7. The Labute approximate surface area is 156 Å². The zero-order chi connectivity index (χ0) is 20.2. The molecule has 0 fully saturated rings. The number of hydrogen-bond acceptors (Lipinski definition) is 6. The van der Waals surface area contributed by atoms with Gasteiger partial charge in [-0.2, -0.15) is 0 Å². The molecule has 0 bridgehead atoms. The maximum atomic E-state index is 13.7. The number of ketones is 1. The Morgan fingerprint density at radius 2 is 1.78 bits per heavy atom. The summed E-state index contributed by atoms with van der Waals surface area (Å²) in [4.78, 5) is 24.1. The standard InChI is InChI=1S/C18H18FNO6S/c1-20(2)27(23,24)14-6-4-5-13(9-14)18(22)26-11-16(21)12-7-8-17(25-3)15(19)10-12/h4-10H,11H2,1-3H3. The number of carbonyl (C=O) groups is 2. The summed E-state index contributed by atoms with van der Waals surface area (Å²) < 4.78 is 48.6. The Morgan fingerprint density at radius 1 is 1.07 bits per heavy atom. The first kappa shape index (κ1) is 20.5. The van der Waals surface area contributed by atoms with Crippen LogP contribution >= 0.6 is 0 Å². The summed E-state index contributed by atoms with van der Waals surface area (Å²) in [5.74, 6) is -2.20. The molecule has 0 unspecified atom stereocenters. The van der Waals surface area contributed by atoms with E-state index < -0.39 is 34.2 Å². The number of ether oxygens (including phenoxy) is 2. The molecule has 2 rings (SSSR count). The third-order valence-corrected chi connectivity index (χ3v) is 5.47. The van der Waals surface area contributed by atoms with Crippen LogP contribution in [-0.4, -0.2) is 52.3 Å². The third kappa shape index (κ3) is 4.69. The molecule has 0 aliphatic carbocycles. The van der Waals surface area contributed by atoms with Crippen LogP contribution in [0, 0.1) is 5.82 Å². The van der Waals surface area contributed by atoms with Gasteiger partial charge in [0.1, 0.15) is 0 Å². The van der Waals surface area contributed by atoms with E-state index in [2.05, 4.69) is 0 Å². The van der Waals surface area contributed by atoms with Crippen LogP contribution in [0.25, 0.3) is 0 Å². The van der Waals surface area contributed by atoms with E-state index in [4.69, 9.17) is 9.47 Å². The first-order valence-electron chi connectivity index (χ1n) is 7.73. The maximum Gasteiger partial charge on any atom is 0.338 e. The van der Waals surface area contributed by atoms with Gasteiger partial charge in [-0.05, 0) is 36.4 Å².